The second-order valence-corrected chi connectivity index (χ2v) is 4.53. The third-order valence-electron chi connectivity index (χ3n) is 2.00. The molecule has 1 aromatic rings. The fraction of sp³-hybridized carbons (Fsp3) is 0.400. The van der Waals surface area contributed by atoms with Crippen LogP contribution in [0.4, 0.5) is 0 Å². The summed E-state index contributed by atoms with van der Waals surface area (Å²) < 4.78 is 0. The van der Waals surface area contributed by atoms with Gasteiger partial charge in [-0.2, -0.15) is 0 Å². The van der Waals surface area contributed by atoms with Crippen molar-refractivity contribution in [2.75, 3.05) is 0 Å². The van der Waals surface area contributed by atoms with Crippen molar-refractivity contribution in [1.82, 2.24) is 0 Å². The van der Waals surface area contributed by atoms with Crippen molar-refractivity contribution in [3.05, 3.63) is 37.7 Å². The third-order valence-corrected chi connectivity index (χ3v) is 2.87. The molecular formula is C10H13NO2S. The first-order chi connectivity index (χ1) is 6.52. The molecule has 0 N–H and O–H groups in total. The average Bonchev–Trinajstić information content (AvgIpc) is 2.46. The van der Waals surface area contributed by atoms with Crippen molar-refractivity contribution in [3.63, 3.8) is 0 Å². The molecule has 0 unspecified atom stereocenters. The summed E-state index contributed by atoms with van der Waals surface area (Å²) in [5.41, 5.74) is 1.22. The topological polar surface area (TPSA) is 43.1 Å². The first-order valence-corrected chi connectivity index (χ1v) is 5.30. The van der Waals surface area contributed by atoms with E-state index < -0.39 is 0 Å². The maximum Gasteiger partial charge on any atom is 0.249 e. The average molecular weight is 211 g/mol. The fourth-order valence-corrected chi connectivity index (χ4v) is 1.82. The molecule has 0 aliphatic rings. The van der Waals surface area contributed by atoms with Crippen LogP contribution in [-0.4, -0.2) is 4.92 Å². The molecule has 1 heterocycles. The number of thiophene rings is 1. The van der Waals surface area contributed by atoms with E-state index in [2.05, 4.69) is 0 Å². The fourth-order valence-electron chi connectivity index (χ4n) is 1.13. The summed E-state index contributed by atoms with van der Waals surface area (Å²) in [7, 11) is 0. The van der Waals surface area contributed by atoms with E-state index >= 15 is 0 Å². The zero-order chi connectivity index (χ0) is 10.7. The predicted molar refractivity (Wildman–Crippen MR) is 58.9 cm³/mol. The highest BCUT2D eigenvalue weighted by molar-refractivity contribution is 7.10. The van der Waals surface area contributed by atoms with Crippen molar-refractivity contribution in [2.24, 2.45) is 5.92 Å². The Morgan fingerprint density at radius 1 is 1.64 bits per heavy atom. The molecule has 0 radical (unpaired) electrons. The van der Waals surface area contributed by atoms with Crippen LogP contribution >= 0.6 is 11.3 Å². The van der Waals surface area contributed by atoms with Crippen LogP contribution in [0.25, 0.3) is 6.08 Å². The Labute approximate surface area is 87.2 Å². The van der Waals surface area contributed by atoms with Gasteiger partial charge >= 0.3 is 0 Å². The molecule has 0 aromatic carbocycles. The maximum absolute atomic E-state index is 10.7. The largest absolute Gasteiger partial charge is 0.259 e. The Balaban J connectivity index is 3.06. The lowest BCUT2D eigenvalue weighted by Gasteiger charge is -2.01. The van der Waals surface area contributed by atoms with E-state index in [-0.39, 0.29) is 16.5 Å². The highest BCUT2D eigenvalue weighted by Gasteiger charge is 2.16. The second kappa shape index (κ2) is 4.37. The van der Waals surface area contributed by atoms with E-state index in [1.807, 2.05) is 32.2 Å². The first-order valence-electron chi connectivity index (χ1n) is 4.42. The van der Waals surface area contributed by atoms with Gasteiger partial charge in [-0.3, -0.25) is 10.1 Å². The standard InChI is InChI=1S/C10H13NO2S/c1-7(2)10(11(12)13)6-9-4-5-14-8(9)3/h4-7H,1-3H3/b10-6-. The molecule has 3 nitrogen and oxygen atoms in total. The summed E-state index contributed by atoms with van der Waals surface area (Å²) in [5, 5.41) is 12.7. The quantitative estimate of drug-likeness (QED) is 0.568. The normalized spacial score (nSPS) is 12.1. The number of hydrogen-bond acceptors (Lipinski definition) is 3. The first kappa shape index (κ1) is 10.9. The molecule has 0 saturated heterocycles. The van der Waals surface area contributed by atoms with Crippen LogP contribution in [0.1, 0.15) is 24.3 Å². The molecule has 0 spiro atoms. The molecule has 0 saturated carbocycles. The van der Waals surface area contributed by atoms with Gasteiger partial charge in [0, 0.05) is 16.9 Å². The van der Waals surface area contributed by atoms with Crippen LogP contribution in [0.15, 0.2) is 17.1 Å². The van der Waals surface area contributed by atoms with Gasteiger partial charge in [0.1, 0.15) is 0 Å². The molecule has 0 atom stereocenters. The van der Waals surface area contributed by atoms with Gasteiger partial charge in [-0.15, -0.1) is 11.3 Å². The Bertz CT molecular complexity index is 366. The monoisotopic (exact) mass is 211 g/mol. The van der Waals surface area contributed by atoms with Crippen LogP contribution in [0.3, 0.4) is 0 Å². The second-order valence-electron chi connectivity index (χ2n) is 3.41. The van der Waals surface area contributed by atoms with Crippen molar-refractivity contribution in [3.8, 4) is 0 Å². The number of aryl methyl sites for hydroxylation is 1. The smallest absolute Gasteiger partial charge is 0.249 e. The van der Waals surface area contributed by atoms with Crippen LogP contribution in [0.2, 0.25) is 0 Å². The third kappa shape index (κ3) is 2.42. The Morgan fingerprint density at radius 2 is 2.29 bits per heavy atom. The molecule has 1 rings (SSSR count). The molecule has 76 valence electrons. The van der Waals surface area contributed by atoms with Gasteiger partial charge in [0.2, 0.25) is 5.70 Å². The molecule has 0 fully saturated rings. The van der Waals surface area contributed by atoms with Crippen LogP contribution in [0, 0.1) is 23.0 Å². The molecule has 14 heavy (non-hydrogen) atoms. The molecule has 1 aromatic heterocycles. The lowest BCUT2D eigenvalue weighted by Crippen LogP contribution is -2.05. The summed E-state index contributed by atoms with van der Waals surface area (Å²) >= 11 is 1.60. The van der Waals surface area contributed by atoms with Crippen LogP contribution in [-0.2, 0) is 0 Å². The summed E-state index contributed by atoms with van der Waals surface area (Å²) in [5.74, 6) is -0.0516. The zero-order valence-electron chi connectivity index (χ0n) is 8.48. The van der Waals surface area contributed by atoms with Gasteiger partial charge in [-0.1, -0.05) is 13.8 Å². The van der Waals surface area contributed by atoms with Crippen molar-refractivity contribution in [1.29, 1.82) is 0 Å². The van der Waals surface area contributed by atoms with Crippen LogP contribution in [0.5, 0.6) is 0 Å². The number of nitro groups is 1. The molecular weight excluding hydrogens is 198 g/mol. The summed E-state index contributed by atoms with van der Waals surface area (Å²) in [6.07, 6.45) is 1.66. The lowest BCUT2D eigenvalue weighted by atomic mass is 10.1. The summed E-state index contributed by atoms with van der Waals surface area (Å²) in [6, 6.07) is 1.91. The summed E-state index contributed by atoms with van der Waals surface area (Å²) in [6.45, 7) is 5.63. The van der Waals surface area contributed by atoms with Gasteiger partial charge in [0.25, 0.3) is 0 Å². The lowest BCUT2D eigenvalue weighted by molar-refractivity contribution is -0.431. The van der Waals surface area contributed by atoms with Gasteiger partial charge in [0.15, 0.2) is 0 Å². The van der Waals surface area contributed by atoms with Crippen molar-refractivity contribution in [2.45, 2.75) is 20.8 Å². The summed E-state index contributed by atoms with van der Waals surface area (Å²) in [4.78, 5) is 11.5. The van der Waals surface area contributed by atoms with E-state index in [9.17, 15) is 10.1 Å². The van der Waals surface area contributed by atoms with E-state index in [1.54, 1.807) is 17.4 Å². The highest BCUT2D eigenvalue weighted by Crippen LogP contribution is 2.21. The number of hydrogen-bond donors (Lipinski definition) is 0. The van der Waals surface area contributed by atoms with E-state index in [4.69, 9.17) is 0 Å². The van der Waals surface area contributed by atoms with Gasteiger partial charge in [0.05, 0.1) is 4.92 Å². The Morgan fingerprint density at radius 3 is 2.64 bits per heavy atom. The van der Waals surface area contributed by atoms with E-state index in [0.29, 0.717) is 0 Å². The molecule has 4 heteroatoms. The minimum Gasteiger partial charge on any atom is -0.259 e. The minimum atomic E-state index is -0.304. The van der Waals surface area contributed by atoms with E-state index in [1.165, 1.54) is 0 Å². The van der Waals surface area contributed by atoms with Gasteiger partial charge in [-0.05, 0) is 23.9 Å². The predicted octanol–water partition coefficient (Wildman–Crippen LogP) is 3.33. The molecule has 0 aliphatic heterocycles. The SMILES string of the molecule is Cc1sccc1/C=C(/C(C)C)[N+](=O)[O-]. The number of nitrogens with zero attached hydrogens (tertiary/aromatic N) is 1. The van der Waals surface area contributed by atoms with Gasteiger partial charge in [-0.25, -0.2) is 0 Å². The maximum atomic E-state index is 10.7. The Kier molecular flexibility index (Phi) is 3.41. The minimum absolute atomic E-state index is 0.0516. The number of rotatable bonds is 3. The van der Waals surface area contributed by atoms with Crippen LogP contribution < -0.4 is 0 Å². The van der Waals surface area contributed by atoms with Crippen molar-refractivity contribution >= 4 is 17.4 Å². The zero-order valence-corrected chi connectivity index (χ0v) is 9.30. The number of allylic oxidation sites excluding steroid dienone is 1. The molecule has 0 amide bonds. The van der Waals surface area contributed by atoms with E-state index in [0.717, 1.165) is 10.4 Å². The highest BCUT2D eigenvalue weighted by atomic mass is 32.1. The molecule has 0 aliphatic carbocycles. The molecule has 0 bridgehead atoms. The van der Waals surface area contributed by atoms with Crippen molar-refractivity contribution < 1.29 is 4.92 Å². The Hall–Kier alpha value is -1.16. The van der Waals surface area contributed by atoms with Gasteiger partial charge < -0.3 is 0 Å².